The standard InChI is InChI=1S/C53H96O12S/c1-3-5-7-9-11-13-15-17-19-21-22-23-24-25-26-27-28-30-32-34-36-38-40-42-49(55)63-47(46-62-53-51(57)52(65-66(58,59)60)50(56)48(44-54)64-53)45-61-43-41-39-37-35-33-31-29-20-18-16-14-12-10-8-6-4-2/h5,7,11,13,17,19,22-23,47-48,50-54,56-57H,3-4,6,8-10,12,14-16,18,20-21,24-46H2,1-2H3,(H,58,59,60)/b7-5-,13-11-,19-17-,23-22-. The number of unbranched alkanes of at least 4 members (excludes halogenated alkanes) is 25. The summed E-state index contributed by atoms with van der Waals surface area (Å²) in [5.41, 5.74) is 0. The monoisotopic (exact) mass is 957 g/mol. The van der Waals surface area contributed by atoms with Gasteiger partial charge in [0.15, 0.2) is 6.29 Å². The van der Waals surface area contributed by atoms with Crippen LogP contribution in [0, 0.1) is 0 Å². The Balaban J connectivity index is 2.33. The maximum atomic E-state index is 12.9. The van der Waals surface area contributed by atoms with E-state index in [-0.39, 0.29) is 19.6 Å². The van der Waals surface area contributed by atoms with Gasteiger partial charge >= 0.3 is 16.4 Å². The normalized spacial score (nSPS) is 19.9. The molecule has 0 aromatic heterocycles. The van der Waals surface area contributed by atoms with Crippen molar-refractivity contribution in [3.8, 4) is 0 Å². The van der Waals surface area contributed by atoms with E-state index in [4.69, 9.17) is 18.9 Å². The lowest BCUT2D eigenvalue weighted by Crippen LogP contribution is -2.60. The zero-order valence-electron chi connectivity index (χ0n) is 41.5. The van der Waals surface area contributed by atoms with Gasteiger partial charge in [-0.05, 0) is 51.4 Å². The van der Waals surface area contributed by atoms with E-state index in [2.05, 4.69) is 66.6 Å². The molecule has 13 heteroatoms. The molecular formula is C53H96O12S. The van der Waals surface area contributed by atoms with Gasteiger partial charge in [-0.25, -0.2) is 4.18 Å². The highest BCUT2D eigenvalue weighted by molar-refractivity contribution is 7.80. The van der Waals surface area contributed by atoms with Crippen LogP contribution in [0.1, 0.15) is 219 Å². The van der Waals surface area contributed by atoms with Crippen molar-refractivity contribution < 1.29 is 56.2 Å². The summed E-state index contributed by atoms with van der Waals surface area (Å²) < 4.78 is 59.3. The van der Waals surface area contributed by atoms with Crippen molar-refractivity contribution in [3.63, 3.8) is 0 Å². The number of carbonyl (C=O) groups is 1. The summed E-state index contributed by atoms with van der Waals surface area (Å²) >= 11 is 0. The van der Waals surface area contributed by atoms with Crippen molar-refractivity contribution in [3.05, 3.63) is 48.6 Å². The van der Waals surface area contributed by atoms with Gasteiger partial charge in [-0.2, -0.15) is 8.42 Å². The summed E-state index contributed by atoms with van der Waals surface area (Å²) in [5.74, 6) is -0.402. The lowest BCUT2D eigenvalue weighted by atomic mass is 9.99. The zero-order valence-corrected chi connectivity index (χ0v) is 42.3. The lowest BCUT2D eigenvalue weighted by molar-refractivity contribution is -0.301. The third-order valence-electron chi connectivity index (χ3n) is 12.0. The number of carbonyl (C=O) groups excluding carboxylic acids is 1. The Labute approximate surface area is 402 Å². The van der Waals surface area contributed by atoms with Crippen molar-refractivity contribution in [1.82, 2.24) is 0 Å². The van der Waals surface area contributed by atoms with E-state index in [1.54, 1.807) is 0 Å². The largest absolute Gasteiger partial charge is 0.457 e. The number of hydrogen-bond donors (Lipinski definition) is 4. The van der Waals surface area contributed by atoms with Gasteiger partial charge in [0.1, 0.15) is 30.5 Å². The molecule has 1 saturated heterocycles. The fourth-order valence-corrected chi connectivity index (χ4v) is 8.53. The van der Waals surface area contributed by atoms with E-state index in [0.29, 0.717) is 13.0 Å². The average Bonchev–Trinajstić information content (AvgIpc) is 3.29. The van der Waals surface area contributed by atoms with Crippen LogP contribution in [0.15, 0.2) is 48.6 Å². The molecule has 1 aliphatic heterocycles. The second-order valence-corrected chi connectivity index (χ2v) is 19.1. The molecule has 1 rings (SSSR count). The van der Waals surface area contributed by atoms with Crippen molar-refractivity contribution >= 4 is 16.4 Å². The maximum absolute atomic E-state index is 12.9. The molecule has 0 spiro atoms. The Bertz CT molecular complexity index is 1340. The highest BCUT2D eigenvalue weighted by Crippen LogP contribution is 2.26. The van der Waals surface area contributed by atoms with Gasteiger partial charge in [-0.15, -0.1) is 0 Å². The molecule has 1 heterocycles. The summed E-state index contributed by atoms with van der Waals surface area (Å²) in [5, 5.41) is 30.8. The first-order valence-electron chi connectivity index (χ1n) is 26.4. The number of rotatable bonds is 46. The molecule has 6 unspecified atom stereocenters. The van der Waals surface area contributed by atoms with Crippen LogP contribution in [0.2, 0.25) is 0 Å². The second kappa shape index (κ2) is 44.3. The van der Waals surface area contributed by atoms with Crippen LogP contribution in [-0.4, -0.2) is 97.5 Å². The Morgan fingerprint density at radius 2 is 1.05 bits per heavy atom. The number of allylic oxidation sites excluding steroid dienone is 8. The Morgan fingerprint density at radius 1 is 0.591 bits per heavy atom. The molecule has 0 aromatic rings. The second-order valence-electron chi connectivity index (χ2n) is 18.1. The summed E-state index contributed by atoms with van der Waals surface area (Å²) in [4.78, 5) is 12.9. The van der Waals surface area contributed by atoms with Crippen LogP contribution < -0.4 is 0 Å². The molecule has 0 aromatic carbocycles. The van der Waals surface area contributed by atoms with E-state index in [1.807, 2.05) is 0 Å². The average molecular weight is 957 g/mol. The van der Waals surface area contributed by atoms with Crippen molar-refractivity contribution in [2.24, 2.45) is 0 Å². The van der Waals surface area contributed by atoms with Crippen LogP contribution >= 0.6 is 0 Å². The quantitative estimate of drug-likeness (QED) is 0.0197. The van der Waals surface area contributed by atoms with E-state index >= 15 is 0 Å². The van der Waals surface area contributed by atoms with Crippen LogP contribution in [0.25, 0.3) is 0 Å². The van der Waals surface area contributed by atoms with Crippen molar-refractivity contribution in [2.45, 2.75) is 256 Å². The number of hydrogen-bond acceptors (Lipinski definition) is 11. The smallest absolute Gasteiger partial charge is 0.397 e. The summed E-state index contributed by atoms with van der Waals surface area (Å²) in [6.07, 6.45) is 45.7. The third-order valence-corrected chi connectivity index (χ3v) is 12.4. The predicted molar refractivity (Wildman–Crippen MR) is 266 cm³/mol. The van der Waals surface area contributed by atoms with E-state index in [0.717, 1.165) is 70.6 Å². The fourth-order valence-electron chi connectivity index (χ4n) is 8.02. The molecule has 1 aliphatic rings. The van der Waals surface area contributed by atoms with Gasteiger partial charge in [0.2, 0.25) is 0 Å². The third kappa shape index (κ3) is 37.0. The van der Waals surface area contributed by atoms with Crippen molar-refractivity contribution in [2.75, 3.05) is 26.4 Å². The Hall–Kier alpha value is -1.94. The highest BCUT2D eigenvalue weighted by atomic mass is 32.3. The molecular weight excluding hydrogens is 861 g/mol. The topological polar surface area (TPSA) is 178 Å². The van der Waals surface area contributed by atoms with Crippen LogP contribution in [0.4, 0.5) is 0 Å². The number of aliphatic hydroxyl groups is 3. The Kier molecular flexibility index (Phi) is 41.6. The molecule has 6 atom stereocenters. The maximum Gasteiger partial charge on any atom is 0.397 e. The van der Waals surface area contributed by atoms with Crippen LogP contribution in [0.5, 0.6) is 0 Å². The first-order valence-corrected chi connectivity index (χ1v) is 27.8. The molecule has 0 saturated carbocycles. The molecule has 0 radical (unpaired) electrons. The van der Waals surface area contributed by atoms with Gasteiger partial charge in [-0.1, -0.05) is 210 Å². The summed E-state index contributed by atoms with van der Waals surface area (Å²) in [7, 11) is -5.07. The van der Waals surface area contributed by atoms with E-state index in [9.17, 15) is 33.1 Å². The highest BCUT2D eigenvalue weighted by Gasteiger charge is 2.48. The molecule has 386 valence electrons. The predicted octanol–water partition coefficient (Wildman–Crippen LogP) is 12.3. The van der Waals surface area contributed by atoms with Crippen LogP contribution in [0.3, 0.4) is 0 Å². The van der Waals surface area contributed by atoms with Gasteiger partial charge in [0, 0.05) is 13.0 Å². The van der Waals surface area contributed by atoms with Gasteiger partial charge < -0.3 is 34.3 Å². The summed E-state index contributed by atoms with van der Waals surface area (Å²) in [6.45, 7) is 3.91. The minimum Gasteiger partial charge on any atom is -0.457 e. The first kappa shape index (κ1) is 62.1. The van der Waals surface area contributed by atoms with Gasteiger partial charge in [-0.3, -0.25) is 9.35 Å². The molecule has 4 N–H and O–H groups in total. The van der Waals surface area contributed by atoms with Gasteiger partial charge in [0.25, 0.3) is 0 Å². The lowest BCUT2D eigenvalue weighted by Gasteiger charge is -2.41. The van der Waals surface area contributed by atoms with E-state index < -0.39 is 59.8 Å². The minimum atomic E-state index is -5.07. The molecule has 0 bridgehead atoms. The van der Waals surface area contributed by atoms with Gasteiger partial charge in [0.05, 0.1) is 19.8 Å². The molecule has 0 aliphatic carbocycles. The minimum absolute atomic E-state index is 0.0364. The van der Waals surface area contributed by atoms with E-state index in [1.165, 1.54) is 122 Å². The van der Waals surface area contributed by atoms with Crippen molar-refractivity contribution in [1.29, 1.82) is 0 Å². The first-order chi connectivity index (χ1) is 32.1. The number of esters is 1. The summed E-state index contributed by atoms with van der Waals surface area (Å²) in [6, 6.07) is 0. The van der Waals surface area contributed by atoms with Crippen LogP contribution in [-0.2, 0) is 38.3 Å². The fraction of sp³-hybridized carbons (Fsp3) is 0.830. The zero-order chi connectivity index (χ0) is 48.2. The molecule has 12 nitrogen and oxygen atoms in total. The Morgan fingerprint density at radius 3 is 1.53 bits per heavy atom. The molecule has 66 heavy (non-hydrogen) atoms. The number of ether oxygens (including phenoxy) is 4. The number of aliphatic hydroxyl groups excluding tert-OH is 3. The SMILES string of the molecule is CC/C=C\C/C=C\C/C=C\C/C=C\CCCCCCCCCCCCC(=O)OC(COCCCCCCCCCCCCCCCCCC)COC1OC(CO)C(O)C(OS(=O)(=O)O)C1O. The molecule has 0 amide bonds. The molecule has 1 fully saturated rings.